The highest BCUT2D eigenvalue weighted by Gasteiger charge is 2.19. The molecule has 0 atom stereocenters. The van der Waals surface area contributed by atoms with Crippen LogP contribution in [0.2, 0.25) is 0 Å². The highest BCUT2D eigenvalue weighted by molar-refractivity contribution is 9.10. The molecule has 0 aromatic heterocycles. The van der Waals surface area contributed by atoms with Crippen LogP contribution in [0.4, 0.5) is 15.8 Å². The maximum absolute atomic E-state index is 13.3. The molecular weight excluding hydrogens is 331 g/mol. The van der Waals surface area contributed by atoms with Gasteiger partial charge in [0.25, 0.3) is 11.6 Å². The summed E-state index contributed by atoms with van der Waals surface area (Å²) in [5, 5.41) is 13.3. The number of nitrogens with one attached hydrogen (secondary N) is 1. The number of rotatable bonds is 3. The molecule has 2 rings (SSSR count). The predicted octanol–water partition coefficient (Wildman–Crippen LogP) is 3.75. The van der Waals surface area contributed by atoms with E-state index in [1.165, 1.54) is 36.4 Å². The van der Waals surface area contributed by atoms with Crippen LogP contribution < -0.4 is 5.32 Å². The van der Waals surface area contributed by atoms with Crippen molar-refractivity contribution in [3.63, 3.8) is 0 Å². The van der Waals surface area contributed by atoms with E-state index in [0.717, 1.165) is 6.07 Å². The number of carbonyl (C=O) groups is 1. The summed E-state index contributed by atoms with van der Waals surface area (Å²) in [4.78, 5) is 22.2. The van der Waals surface area contributed by atoms with Crippen molar-refractivity contribution >= 4 is 33.2 Å². The molecule has 0 aliphatic rings. The van der Waals surface area contributed by atoms with Crippen LogP contribution in [0, 0.1) is 15.9 Å². The highest BCUT2D eigenvalue weighted by Crippen LogP contribution is 2.22. The molecule has 0 fully saturated rings. The summed E-state index contributed by atoms with van der Waals surface area (Å²) < 4.78 is 13.6. The van der Waals surface area contributed by atoms with Crippen molar-refractivity contribution in [3.8, 4) is 0 Å². The lowest BCUT2D eigenvalue weighted by molar-refractivity contribution is -0.385. The van der Waals surface area contributed by atoms with Crippen molar-refractivity contribution < 1.29 is 14.1 Å². The monoisotopic (exact) mass is 338 g/mol. The summed E-state index contributed by atoms with van der Waals surface area (Å²) in [5.74, 6) is -1.20. The number of nitro benzene ring substituents is 1. The lowest BCUT2D eigenvalue weighted by Crippen LogP contribution is -2.14. The molecule has 2 aromatic carbocycles. The second-order valence-corrected chi connectivity index (χ2v) is 4.71. The maximum Gasteiger partial charge on any atom is 0.282 e. The molecule has 0 bridgehead atoms. The number of anilines is 1. The smallest absolute Gasteiger partial charge is 0.282 e. The van der Waals surface area contributed by atoms with Gasteiger partial charge in [-0.25, -0.2) is 4.39 Å². The highest BCUT2D eigenvalue weighted by atomic mass is 79.9. The van der Waals surface area contributed by atoms with E-state index < -0.39 is 16.6 Å². The number of nitro groups is 1. The third kappa shape index (κ3) is 3.00. The molecule has 20 heavy (non-hydrogen) atoms. The van der Waals surface area contributed by atoms with E-state index in [1.54, 1.807) is 0 Å². The maximum atomic E-state index is 13.3. The SMILES string of the molecule is O=C(Nc1ccc(Br)c(F)c1)c1ccccc1[N+](=O)[O-]. The van der Waals surface area contributed by atoms with Crippen molar-refractivity contribution in [3.05, 3.63) is 68.4 Å². The van der Waals surface area contributed by atoms with Crippen LogP contribution in [0.1, 0.15) is 10.4 Å². The summed E-state index contributed by atoms with van der Waals surface area (Å²) in [6.07, 6.45) is 0. The van der Waals surface area contributed by atoms with Gasteiger partial charge in [0, 0.05) is 11.8 Å². The Bertz CT molecular complexity index is 691. The van der Waals surface area contributed by atoms with E-state index in [0.29, 0.717) is 0 Å². The van der Waals surface area contributed by atoms with E-state index >= 15 is 0 Å². The van der Waals surface area contributed by atoms with Crippen LogP contribution in [0.3, 0.4) is 0 Å². The van der Waals surface area contributed by atoms with Gasteiger partial charge in [-0.1, -0.05) is 12.1 Å². The van der Waals surface area contributed by atoms with Crippen molar-refractivity contribution in [1.82, 2.24) is 0 Å². The van der Waals surface area contributed by atoms with Gasteiger partial charge < -0.3 is 5.32 Å². The van der Waals surface area contributed by atoms with Crippen LogP contribution in [0.15, 0.2) is 46.9 Å². The van der Waals surface area contributed by atoms with E-state index in [2.05, 4.69) is 21.2 Å². The first-order valence-corrected chi connectivity index (χ1v) is 6.28. The number of para-hydroxylation sites is 1. The molecule has 1 N–H and O–H groups in total. The standard InChI is InChI=1S/C13H8BrFN2O3/c14-10-6-5-8(7-11(10)15)16-13(18)9-3-1-2-4-12(9)17(19)20/h1-7H,(H,16,18). The van der Waals surface area contributed by atoms with E-state index in [-0.39, 0.29) is 21.4 Å². The summed E-state index contributed by atoms with van der Waals surface area (Å²) in [6.45, 7) is 0. The normalized spacial score (nSPS) is 10.1. The van der Waals surface area contributed by atoms with Gasteiger partial charge in [0.05, 0.1) is 9.40 Å². The molecular formula is C13H8BrFN2O3. The fourth-order valence-electron chi connectivity index (χ4n) is 1.60. The fraction of sp³-hybridized carbons (Fsp3) is 0. The summed E-state index contributed by atoms with van der Waals surface area (Å²) in [7, 11) is 0. The Morgan fingerprint density at radius 2 is 1.95 bits per heavy atom. The average molecular weight is 339 g/mol. The molecule has 0 saturated heterocycles. The van der Waals surface area contributed by atoms with Gasteiger partial charge in [0.2, 0.25) is 0 Å². The minimum absolute atomic E-state index is 0.0826. The van der Waals surface area contributed by atoms with Crippen LogP contribution in [-0.2, 0) is 0 Å². The molecule has 7 heteroatoms. The topological polar surface area (TPSA) is 72.2 Å². The van der Waals surface area contributed by atoms with Gasteiger partial charge >= 0.3 is 0 Å². The van der Waals surface area contributed by atoms with Crippen molar-refractivity contribution in [2.24, 2.45) is 0 Å². The van der Waals surface area contributed by atoms with Crippen LogP contribution in [0.25, 0.3) is 0 Å². The van der Waals surface area contributed by atoms with Gasteiger partial charge in [0.1, 0.15) is 11.4 Å². The minimum atomic E-state index is -0.668. The molecule has 0 aliphatic carbocycles. The number of hydrogen-bond donors (Lipinski definition) is 1. The summed E-state index contributed by atoms with van der Waals surface area (Å²) in [5.41, 5.74) is -0.169. The summed E-state index contributed by atoms with van der Waals surface area (Å²) >= 11 is 2.99. The Morgan fingerprint density at radius 1 is 1.25 bits per heavy atom. The number of amides is 1. The lowest BCUT2D eigenvalue weighted by atomic mass is 10.1. The number of benzene rings is 2. The summed E-state index contributed by atoms with van der Waals surface area (Å²) in [6, 6.07) is 9.60. The predicted molar refractivity (Wildman–Crippen MR) is 75.1 cm³/mol. The first-order valence-electron chi connectivity index (χ1n) is 5.49. The molecule has 0 radical (unpaired) electrons. The molecule has 5 nitrogen and oxygen atoms in total. The van der Waals surface area contributed by atoms with Crippen molar-refractivity contribution in [2.75, 3.05) is 5.32 Å². The molecule has 0 aliphatic heterocycles. The first kappa shape index (κ1) is 14.1. The second kappa shape index (κ2) is 5.79. The van der Waals surface area contributed by atoms with Crippen LogP contribution in [0.5, 0.6) is 0 Å². The molecule has 2 aromatic rings. The quantitative estimate of drug-likeness (QED) is 0.684. The largest absolute Gasteiger partial charge is 0.322 e. The van der Waals surface area contributed by atoms with Gasteiger partial charge in [-0.2, -0.15) is 0 Å². The van der Waals surface area contributed by atoms with Gasteiger partial charge in [0.15, 0.2) is 0 Å². The Hall–Kier alpha value is -2.28. The number of carbonyl (C=O) groups excluding carboxylic acids is 1. The molecule has 102 valence electrons. The molecule has 0 saturated carbocycles. The molecule has 0 unspecified atom stereocenters. The minimum Gasteiger partial charge on any atom is -0.322 e. The second-order valence-electron chi connectivity index (χ2n) is 3.86. The van der Waals surface area contributed by atoms with Gasteiger partial charge in [-0.15, -0.1) is 0 Å². The van der Waals surface area contributed by atoms with E-state index in [1.807, 2.05) is 0 Å². The third-order valence-corrected chi connectivity index (χ3v) is 3.17. The molecule has 1 amide bonds. The zero-order valence-electron chi connectivity index (χ0n) is 9.97. The number of halogens is 2. The van der Waals surface area contributed by atoms with Crippen molar-refractivity contribution in [2.45, 2.75) is 0 Å². The zero-order chi connectivity index (χ0) is 14.7. The van der Waals surface area contributed by atoms with Crippen molar-refractivity contribution in [1.29, 1.82) is 0 Å². The van der Waals surface area contributed by atoms with E-state index in [4.69, 9.17) is 0 Å². The third-order valence-electron chi connectivity index (χ3n) is 2.52. The Balaban J connectivity index is 2.28. The number of nitrogens with zero attached hydrogens (tertiary/aromatic N) is 1. The fourth-order valence-corrected chi connectivity index (χ4v) is 1.84. The lowest BCUT2D eigenvalue weighted by Gasteiger charge is -2.06. The van der Waals surface area contributed by atoms with Gasteiger partial charge in [-0.3, -0.25) is 14.9 Å². The molecule has 0 heterocycles. The van der Waals surface area contributed by atoms with E-state index in [9.17, 15) is 19.3 Å². The average Bonchev–Trinajstić information content (AvgIpc) is 2.43. The Labute approximate surface area is 121 Å². The first-order chi connectivity index (χ1) is 9.49. The van der Waals surface area contributed by atoms with Gasteiger partial charge in [-0.05, 0) is 40.2 Å². The molecule has 0 spiro atoms. The number of hydrogen-bond acceptors (Lipinski definition) is 3. The Kier molecular flexibility index (Phi) is 4.09. The van der Waals surface area contributed by atoms with Crippen LogP contribution >= 0.6 is 15.9 Å². The Morgan fingerprint density at radius 3 is 2.60 bits per heavy atom. The zero-order valence-corrected chi connectivity index (χ0v) is 11.6. The van der Waals surface area contributed by atoms with Crippen LogP contribution in [-0.4, -0.2) is 10.8 Å².